The molecule has 0 unspecified atom stereocenters. The quantitative estimate of drug-likeness (QED) is 0.371. The van der Waals surface area contributed by atoms with Crippen molar-refractivity contribution in [3.05, 3.63) is 53.6 Å². The van der Waals surface area contributed by atoms with Crippen molar-refractivity contribution in [1.82, 2.24) is 0 Å². The molecular formula is C19H26IN3O2. The minimum Gasteiger partial charge on any atom is -0.495 e. The fourth-order valence-electron chi connectivity index (χ4n) is 2.23. The van der Waals surface area contributed by atoms with Gasteiger partial charge in [0, 0.05) is 5.56 Å². The zero-order chi connectivity index (χ0) is 17.4. The van der Waals surface area contributed by atoms with Gasteiger partial charge >= 0.3 is 0 Å². The van der Waals surface area contributed by atoms with Gasteiger partial charge in [-0.1, -0.05) is 31.2 Å². The van der Waals surface area contributed by atoms with Crippen LogP contribution in [-0.4, -0.2) is 19.7 Å². The average Bonchev–Trinajstić information content (AvgIpc) is 2.59. The molecule has 2 rings (SSSR count). The van der Waals surface area contributed by atoms with Gasteiger partial charge in [-0.05, 0) is 37.1 Å². The highest BCUT2D eigenvalue weighted by molar-refractivity contribution is 14.0. The van der Waals surface area contributed by atoms with Gasteiger partial charge in [-0.2, -0.15) is 0 Å². The second-order valence-corrected chi connectivity index (χ2v) is 5.49. The van der Waals surface area contributed by atoms with E-state index in [1.165, 1.54) is 0 Å². The number of ether oxygens (including phenoxy) is 2. The Morgan fingerprint density at radius 1 is 1.16 bits per heavy atom. The average molecular weight is 455 g/mol. The summed E-state index contributed by atoms with van der Waals surface area (Å²) < 4.78 is 11.1. The first kappa shape index (κ1) is 21.1. The number of nitrogens with one attached hydrogen (secondary N) is 1. The first-order chi connectivity index (χ1) is 11.6. The molecule has 0 radical (unpaired) electrons. The van der Waals surface area contributed by atoms with E-state index >= 15 is 0 Å². The number of aryl methyl sites for hydroxylation is 1. The lowest BCUT2D eigenvalue weighted by Gasteiger charge is -2.12. The molecule has 0 bridgehead atoms. The maximum absolute atomic E-state index is 6.00. The van der Waals surface area contributed by atoms with Crippen LogP contribution in [-0.2, 0) is 6.54 Å². The van der Waals surface area contributed by atoms with E-state index in [9.17, 15) is 0 Å². The van der Waals surface area contributed by atoms with Crippen LogP contribution < -0.4 is 20.5 Å². The van der Waals surface area contributed by atoms with Gasteiger partial charge in [0.25, 0.3) is 0 Å². The summed E-state index contributed by atoms with van der Waals surface area (Å²) in [5.74, 6) is 1.92. The van der Waals surface area contributed by atoms with Crippen LogP contribution in [0.5, 0.6) is 11.5 Å². The molecule has 0 saturated heterocycles. The Kier molecular flexibility index (Phi) is 9.12. The minimum atomic E-state index is 0. The monoisotopic (exact) mass is 455 g/mol. The van der Waals surface area contributed by atoms with Gasteiger partial charge in [-0.3, -0.25) is 0 Å². The van der Waals surface area contributed by atoms with Crippen molar-refractivity contribution >= 4 is 35.6 Å². The number of nitrogens with zero attached hydrogens (tertiary/aromatic N) is 1. The standard InChI is InChI=1S/C19H25N3O2.HI/c1-4-11-24-18-12-14(2)9-10-15(18)13-21-19(20)22-16-7-5-6-8-17(16)23-3;/h5-10,12H,4,11,13H2,1-3H3,(H3,20,21,22);1H. The number of hydrogen-bond acceptors (Lipinski definition) is 3. The Balaban J connectivity index is 0.00000312. The number of aliphatic imine (C=N–C) groups is 1. The van der Waals surface area contributed by atoms with Crippen LogP contribution in [0.15, 0.2) is 47.5 Å². The second kappa shape index (κ2) is 10.8. The molecular weight excluding hydrogens is 429 g/mol. The third-order valence-electron chi connectivity index (χ3n) is 3.47. The highest BCUT2D eigenvalue weighted by Crippen LogP contribution is 2.23. The van der Waals surface area contributed by atoms with Crippen molar-refractivity contribution in [2.75, 3.05) is 19.0 Å². The zero-order valence-electron chi connectivity index (χ0n) is 14.9. The summed E-state index contributed by atoms with van der Waals surface area (Å²) in [6.07, 6.45) is 0.966. The van der Waals surface area contributed by atoms with E-state index in [1.807, 2.05) is 49.4 Å². The molecule has 0 spiro atoms. The van der Waals surface area contributed by atoms with Gasteiger partial charge in [0.1, 0.15) is 11.5 Å². The Bertz CT molecular complexity index is 705. The maximum atomic E-state index is 6.00. The van der Waals surface area contributed by atoms with Crippen molar-refractivity contribution in [1.29, 1.82) is 0 Å². The Labute approximate surface area is 166 Å². The highest BCUT2D eigenvalue weighted by Gasteiger charge is 2.05. The first-order valence-electron chi connectivity index (χ1n) is 8.06. The van der Waals surface area contributed by atoms with Crippen molar-refractivity contribution in [2.24, 2.45) is 10.7 Å². The lowest BCUT2D eigenvalue weighted by molar-refractivity contribution is 0.314. The fourth-order valence-corrected chi connectivity index (χ4v) is 2.23. The number of para-hydroxylation sites is 2. The SMILES string of the molecule is CCCOc1cc(C)ccc1CN=C(N)Nc1ccccc1OC.I. The number of anilines is 1. The molecule has 25 heavy (non-hydrogen) atoms. The number of methoxy groups -OCH3 is 1. The van der Waals surface area contributed by atoms with E-state index in [0.29, 0.717) is 19.1 Å². The van der Waals surface area contributed by atoms with E-state index in [1.54, 1.807) is 7.11 Å². The topological polar surface area (TPSA) is 68.9 Å². The predicted octanol–water partition coefficient (Wildman–Crippen LogP) is 4.34. The number of rotatable bonds is 7. The van der Waals surface area contributed by atoms with Gasteiger partial charge < -0.3 is 20.5 Å². The molecule has 0 aromatic heterocycles. The molecule has 0 aliphatic rings. The van der Waals surface area contributed by atoms with Crippen LogP contribution in [0.25, 0.3) is 0 Å². The molecule has 3 N–H and O–H groups in total. The van der Waals surface area contributed by atoms with Crippen molar-refractivity contribution < 1.29 is 9.47 Å². The van der Waals surface area contributed by atoms with Crippen molar-refractivity contribution in [3.8, 4) is 11.5 Å². The van der Waals surface area contributed by atoms with Crippen LogP contribution in [0.1, 0.15) is 24.5 Å². The van der Waals surface area contributed by atoms with Gasteiger partial charge in [-0.15, -0.1) is 24.0 Å². The number of hydrogen-bond donors (Lipinski definition) is 2. The molecule has 0 amide bonds. The number of guanidine groups is 1. The van der Waals surface area contributed by atoms with Gasteiger partial charge in [0.2, 0.25) is 0 Å². The molecule has 0 aliphatic heterocycles. The van der Waals surface area contributed by atoms with Crippen LogP contribution in [0.2, 0.25) is 0 Å². The summed E-state index contributed by atoms with van der Waals surface area (Å²) in [7, 11) is 1.62. The number of halogens is 1. The summed E-state index contributed by atoms with van der Waals surface area (Å²) in [5, 5.41) is 3.07. The third-order valence-corrected chi connectivity index (χ3v) is 3.47. The van der Waals surface area contributed by atoms with Gasteiger partial charge in [-0.25, -0.2) is 4.99 Å². The van der Waals surface area contributed by atoms with E-state index in [-0.39, 0.29) is 24.0 Å². The lowest BCUT2D eigenvalue weighted by atomic mass is 10.1. The van der Waals surface area contributed by atoms with Crippen LogP contribution in [0.4, 0.5) is 5.69 Å². The Morgan fingerprint density at radius 3 is 2.64 bits per heavy atom. The molecule has 2 aromatic rings. The van der Waals surface area contributed by atoms with Crippen LogP contribution in [0.3, 0.4) is 0 Å². The summed E-state index contributed by atoms with van der Waals surface area (Å²) in [6.45, 7) is 5.27. The molecule has 0 saturated carbocycles. The van der Waals surface area contributed by atoms with E-state index in [2.05, 4.69) is 17.2 Å². The van der Waals surface area contributed by atoms with E-state index in [4.69, 9.17) is 15.2 Å². The molecule has 136 valence electrons. The first-order valence-corrected chi connectivity index (χ1v) is 8.06. The van der Waals surface area contributed by atoms with E-state index < -0.39 is 0 Å². The largest absolute Gasteiger partial charge is 0.495 e. The molecule has 5 nitrogen and oxygen atoms in total. The zero-order valence-corrected chi connectivity index (χ0v) is 17.2. The van der Waals surface area contributed by atoms with Gasteiger partial charge in [0.15, 0.2) is 5.96 Å². The Hall–Kier alpha value is -1.96. The maximum Gasteiger partial charge on any atom is 0.193 e. The van der Waals surface area contributed by atoms with Gasteiger partial charge in [0.05, 0.1) is 25.9 Å². The molecule has 0 fully saturated rings. The summed E-state index contributed by atoms with van der Waals surface area (Å²) in [4.78, 5) is 4.41. The molecule has 6 heteroatoms. The Morgan fingerprint density at radius 2 is 1.92 bits per heavy atom. The summed E-state index contributed by atoms with van der Waals surface area (Å²) >= 11 is 0. The molecule has 0 aliphatic carbocycles. The van der Waals surface area contributed by atoms with E-state index in [0.717, 1.165) is 34.7 Å². The smallest absolute Gasteiger partial charge is 0.193 e. The van der Waals surface area contributed by atoms with Crippen molar-refractivity contribution in [2.45, 2.75) is 26.8 Å². The molecule has 0 heterocycles. The summed E-state index contributed by atoms with van der Waals surface area (Å²) in [5.41, 5.74) is 8.96. The lowest BCUT2D eigenvalue weighted by Crippen LogP contribution is -2.23. The molecule has 0 atom stereocenters. The van der Waals surface area contributed by atoms with Crippen LogP contribution >= 0.6 is 24.0 Å². The second-order valence-electron chi connectivity index (χ2n) is 5.49. The highest BCUT2D eigenvalue weighted by atomic mass is 127. The number of nitrogens with two attached hydrogens (primary N) is 1. The van der Waals surface area contributed by atoms with Crippen LogP contribution in [0, 0.1) is 6.92 Å². The summed E-state index contributed by atoms with van der Waals surface area (Å²) in [6, 6.07) is 13.7. The number of benzene rings is 2. The minimum absolute atomic E-state index is 0. The normalized spacial score (nSPS) is 10.8. The predicted molar refractivity (Wildman–Crippen MR) is 114 cm³/mol. The molecule has 2 aromatic carbocycles. The third kappa shape index (κ3) is 6.45. The fraction of sp³-hybridized carbons (Fsp3) is 0.316. The van der Waals surface area contributed by atoms with Crippen molar-refractivity contribution in [3.63, 3.8) is 0 Å².